The molecular formula is C30H28ClNO4S. The number of hydrogen-bond acceptors (Lipinski definition) is 5. The smallest absolute Gasteiger partial charge is 0.164 e. The molecule has 0 aliphatic rings. The van der Waals surface area contributed by atoms with Gasteiger partial charge in [-0.15, -0.1) is 0 Å². The van der Waals surface area contributed by atoms with E-state index in [2.05, 4.69) is 4.98 Å². The maximum absolute atomic E-state index is 13.3. The molecule has 1 N–H and O–H groups in total. The van der Waals surface area contributed by atoms with Gasteiger partial charge in [-0.3, -0.25) is 4.79 Å². The third-order valence-electron chi connectivity index (χ3n) is 6.18. The fraction of sp³-hybridized carbons (Fsp3) is 0.200. The van der Waals surface area contributed by atoms with Crippen molar-refractivity contribution in [3.8, 4) is 0 Å². The second kappa shape index (κ2) is 10.6. The second-order valence-electron chi connectivity index (χ2n) is 9.63. The molecule has 3 aromatic carbocycles. The Balaban J connectivity index is 1.63. The Morgan fingerprint density at radius 3 is 2.46 bits per heavy atom. The lowest BCUT2D eigenvalue weighted by Crippen LogP contribution is -2.22. The summed E-state index contributed by atoms with van der Waals surface area (Å²) in [7, 11) is -3.61. The molecule has 7 heteroatoms. The zero-order chi connectivity index (χ0) is 26.8. The number of pyridine rings is 1. The highest BCUT2D eigenvalue weighted by atomic mass is 35.5. The fourth-order valence-electron chi connectivity index (χ4n) is 4.30. The first-order valence-electron chi connectivity index (χ1n) is 11.8. The van der Waals surface area contributed by atoms with Crippen LogP contribution in [0.1, 0.15) is 58.3 Å². The number of rotatable bonds is 8. The molecule has 0 amide bonds. The van der Waals surface area contributed by atoms with Crippen LogP contribution < -0.4 is 0 Å². The standard InChI is InChI=1S/C30H28ClNO4S/c1-30(2,34)26-10-5-4-9-25(26)28(33)19-29(37(3,35)36)22-8-6-7-20(17-22)11-15-24-16-13-21-12-14-23(31)18-27(21)32-24/h4-18,29,34H,19H2,1-3H3/b15-11+. The van der Waals surface area contributed by atoms with Crippen LogP contribution in [0.3, 0.4) is 0 Å². The van der Waals surface area contributed by atoms with E-state index in [1.165, 1.54) is 0 Å². The van der Waals surface area contributed by atoms with E-state index in [4.69, 9.17) is 11.6 Å². The molecule has 0 saturated heterocycles. The van der Waals surface area contributed by atoms with Gasteiger partial charge in [-0.1, -0.05) is 78.3 Å². The Morgan fingerprint density at radius 2 is 1.73 bits per heavy atom. The van der Waals surface area contributed by atoms with Crippen molar-refractivity contribution in [1.82, 2.24) is 4.98 Å². The molecule has 190 valence electrons. The molecule has 0 aliphatic carbocycles. The van der Waals surface area contributed by atoms with Crippen LogP contribution in [0.4, 0.5) is 0 Å². The quantitative estimate of drug-likeness (QED) is 0.256. The summed E-state index contributed by atoms with van der Waals surface area (Å²) >= 11 is 6.09. The lowest BCUT2D eigenvalue weighted by atomic mass is 9.89. The Kier molecular flexibility index (Phi) is 7.64. The topological polar surface area (TPSA) is 84.3 Å². The summed E-state index contributed by atoms with van der Waals surface area (Å²) in [6.45, 7) is 3.20. The Morgan fingerprint density at radius 1 is 1.00 bits per heavy atom. The molecule has 0 fully saturated rings. The van der Waals surface area contributed by atoms with Gasteiger partial charge >= 0.3 is 0 Å². The number of ketones is 1. The Labute approximate surface area is 222 Å². The van der Waals surface area contributed by atoms with Gasteiger partial charge in [0.15, 0.2) is 15.6 Å². The maximum atomic E-state index is 13.3. The number of carbonyl (C=O) groups is 1. The SMILES string of the molecule is CC(C)(O)c1ccccc1C(=O)CC(c1cccc(/C=C/c2ccc3ccc(Cl)cc3n2)c1)S(C)(=O)=O. The number of fused-ring (bicyclic) bond motifs is 1. The normalized spacial score (nSPS) is 13.2. The fourth-order valence-corrected chi connectivity index (χ4v) is 5.56. The van der Waals surface area contributed by atoms with Crippen molar-refractivity contribution in [3.63, 3.8) is 0 Å². The van der Waals surface area contributed by atoms with Gasteiger partial charge < -0.3 is 5.11 Å². The average molecular weight is 534 g/mol. The van der Waals surface area contributed by atoms with E-state index in [1.54, 1.807) is 62.4 Å². The molecule has 4 rings (SSSR count). The van der Waals surface area contributed by atoms with E-state index < -0.39 is 20.7 Å². The summed E-state index contributed by atoms with van der Waals surface area (Å²) in [5, 5.41) is 11.1. The molecule has 37 heavy (non-hydrogen) atoms. The number of hydrogen-bond donors (Lipinski definition) is 1. The van der Waals surface area contributed by atoms with Crippen LogP contribution in [0.2, 0.25) is 5.02 Å². The minimum atomic E-state index is -3.61. The molecule has 0 radical (unpaired) electrons. The van der Waals surface area contributed by atoms with Gasteiger partial charge in [0, 0.05) is 28.6 Å². The molecule has 0 aliphatic heterocycles. The van der Waals surface area contributed by atoms with E-state index in [-0.39, 0.29) is 12.2 Å². The van der Waals surface area contributed by atoms with Crippen LogP contribution in [0.25, 0.3) is 23.1 Å². The van der Waals surface area contributed by atoms with Gasteiger partial charge in [-0.05, 0) is 54.8 Å². The number of nitrogens with zero attached hydrogens (tertiary/aromatic N) is 1. The van der Waals surface area contributed by atoms with Gasteiger partial charge in [0.2, 0.25) is 0 Å². The average Bonchev–Trinajstić information content (AvgIpc) is 2.84. The van der Waals surface area contributed by atoms with Gasteiger partial charge in [-0.2, -0.15) is 0 Å². The van der Waals surface area contributed by atoms with Crippen molar-refractivity contribution in [3.05, 3.63) is 112 Å². The van der Waals surface area contributed by atoms with Crippen molar-refractivity contribution in [2.24, 2.45) is 0 Å². The molecule has 4 aromatic rings. The van der Waals surface area contributed by atoms with Crippen LogP contribution in [0.15, 0.2) is 78.9 Å². The van der Waals surface area contributed by atoms with Gasteiger partial charge in [0.05, 0.1) is 22.1 Å². The van der Waals surface area contributed by atoms with Gasteiger partial charge in [-0.25, -0.2) is 13.4 Å². The summed E-state index contributed by atoms with van der Waals surface area (Å²) in [6.07, 6.45) is 4.61. The molecular weight excluding hydrogens is 506 g/mol. The first kappa shape index (κ1) is 26.7. The van der Waals surface area contributed by atoms with Crippen LogP contribution in [0, 0.1) is 0 Å². The third-order valence-corrected chi connectivity index (χ3v) is 7.89. The zero-order valence-corrected chi connectivity index (χ0v) is 22.4. The van der Waals surface area contributed by atoms with E-state index in [0.717, 1.165) is 28.4 Å². The first-order chi connectivity index (χ1) is 17.4. The van der Waals surface area contributed by atoms with Crippen molar-refractivity contribution >= 4 is 50.3 Å². The van der Waals surface area contributed by atoms with Gasteiger partial charge in [0.1, 0.15) is 0 Å². The lowest BCUT2D eigenvalue weighted by Gasteiger charge is -2.22. The molecule has 1 heterocycles. The third kappa shape index (κ3) is 6.52. The monoisotopic (exact) mass is 533 g/mol. The number of Topliss-reactive ketones (excluding diaryl/α,β-unsaturated/α-hetero) is 1. The van der Waals surface area contributed by atoms with Crippen molar-refractivity contribution in [2.75, 3.05) is 6.26 Å². The molecule has 0 spiro atoms. The summed E-state index contributed by atoms with van der Waals surface area (Å²) in [5.74, 6) is -0.340. The molecule has 0 saturated carbocycles. The molecule has 1 aromatic heterocycles. The highest BCUT2D eigenvalue weighted by Gasteiger charge is 2.29. The van der Waals surface area contributed by atoms with Crippen LogP contribution in [-0.4, -0.2) is 30.5 Å². The number of benzene rings is 3. The predicted octanol–water partition coefficient (Wildman–Crippen LogP) is 6.64. The minimum Gasteiger partial charge on any atom is -0.386 e. The van der Waals surface area contributed by atoms with E-state index >= 15 is 0 Å². The highest BCUT2D eigenvalue weighted by Crippen LogP contribution is 2.31. The molecule has 1 unspecified atom stereocenters. The van der Waals surface area contributed by atoms with Crippen LogP contribution in [-0.2, 0) is 15.4 Å². The number of aliphatic hydroxyl groups is 1. The Hall–Kier alpha value is -3.32. The first-order valence-corrected chi connectivity index (χ1v) is 14.1. The van der Waals surface area contributed by atoms with E-state index in [0.29, 0.717) is 21.7 Å². The van der Waals surface area contributed by atoms with Crippen molar-refractivity contribution in [2.45, 2.75) is 31.1 Å². The van der Waals surface area contributed by atoms with Crippen LogP contribution in [0.5, 0.6) is 0 Å². The van der Waals surface area contributed by atoms with Crippen molar-refractivity contribution in [1.29, 1.82) is 0 Å². The van der Waals surface area contributed by atoms with E-state index in [1.807, 2.05) is 42.5 Å². The second-order valence-corrected chi connectivity index (χ2v) is 12.3. The number of carbonyl (C=O) groups excluding carboxylic acids is 1. The number of aromatic nitrogens is 1. The predicted molar refractivity (Wildman–Crippen MR) is 150 cm³/mol. The Bertz CT molecular complexity index is 1600. The highest BCUT2D eigenvalue weighted by molar-refractivity contribution is 7.91. The summed E-state index contributed by atoms with van der Waals surface area (Å²) in [4.78, 5) is 17.9. The zero-order valence-electron chi connectivity index (χ0n) is 20.9. The summed E-state index contributed by atoms with van der Waals surface area (Å²) in [6, 6.07) is 23.3. The van der Waals surface area contributed by atoms with Crippen molar-refractivity contribution < 1.29 is 18.3 Å². The maximum Gasteiger partial charge on any atom is 0.164 e. The minimum absolute atomic E-state index is 0.230. The summed E-state index contributed by atoms with van der Waals surface area (Å²) < 4.78 is 25.6. The largest absolute Gasteiger partial charge is 0.386 e. The number of sulfone groups is 1. The number of halogens is 1. The lowest BCUT2D eigenvalue weighted by molar-refractivity contribution is 0.0752. The molecule has 0 bridgehead atoms. The van der Waals surface area contributed by atoms with E-state index in [9.17, 15) is 18.3 Å². The molecule has 1 atom stereocenters. The van der Waals surface area contributed by atoms with Gasteiger partial charge in [0.25, 0.3) is 0 Å². The molecule has 5 nitrogen and oxygen atoms in total. The van der Waals surface area contributed by atoms with Crippen LogP contribution >= 0.6 is 11.6 Å². The summed E-state index contributed by atoms with van der Waals surface area (Å²) in [5.41, 5.74) is 2.37.